The number of hydrogen-bond donors (Lipinski definition) is 2. The molecule has 0 fully saturated rings. The third kappa shape index (κ3) is 9.88. The van der Waals surface area contributed by atoms with Crippen molar-refractivity contribution in [3.05, 3.63) is 24.3 Å². The summed E-state index contributed by atoms with van der Waals surface area (Å²) in [4.78, 5) is 0. The van der Waals surface area contributed by atoms with Gasteiger partial charge in [-0.1, -0.05) is 13.3 Å². The van der Waals surface area contributed by atoms with Gasteiger partial charge in [-0.05, 0) is 49.9 Å². The summed E-state index contributed by atoms with van der Waals surface area (Å²) in [5, 5.41) is 0. The third-order valence-corrected chi connectivity index (χ3v) is 3.53. The van der Waals surface area contributed by atoms with Crippen LogP contribution in [0.2, 0.25) is 0 Å². The summed E-state index contributed by atoms with van der Waals surface area (Å²) in [5.41, 5.74) is 5.80. The van der Waals surface area contributed by atoms with Crippen molar-refractivity contribution in [1.29, 1.82) is 0 Å². The number of rotatable bonds is 11. The molecule has 0 unspecified atom stereocenters. The molecule has 0 aliphatic rings. The van der Waals surface area contributed by atoms with Crippen LogP contribution in [-0.4, -0.2) is 25.0 Å². The maximum atomic E-state index is 5.80. The van der Waals surface area contributed by atoms with Gasteiger partial charge in [-0.15, -0.1) is 12.4 Å². The largest absolute Gasteiger partial charge is 0.494 e. The first-order valence-corrected chi connectivity index (χ1v) is 8.11. The van der Waals surface area contributed by atoms with E-state index in [1.807, 2.05) is 24.3 Å². The van der Waals surface area contributed by atoms with Gasteiger partial charge >= 0.3 is 0 Å². The van der Waals surface area contributed by atoms with Gasteiger partial charge < -0.3 is 15.2 Å². The van der Waals surface area contributed by atoms with Crippen LogP contribution in [0.1, 0.15) is 39.0 Å². The normalized spacial score (nSPS) is 11.6. The Morgan fingerprint density at radius 3 is 2.00 bits per heavy atom. The highest BCUT2D eigenvalue weighted by Crippen LogP contribution is 2.18. The van der Waals surface area contributed by atoms with E-state index in [0.29, 0.717) is 0 Å². The number of thiol groups is 1. The summed E-state index contributed by atoms with van der Waals surface area (Å²) in [6.45, 7) is 3.67. The Hall–Kier alpha value is -0.580. The van der Waals surface area contributed by atoms with Crippen LogP contribution < -0.4 is 15.2 Å². The second-order valence-corrected chi connectivity index (χ2v) is 5.33. The van der Waals surface area contributed by atoms with E-state index in [4.69, 9.17) is 15.2 Å². The highest BCUT2D eigenvalue weighted by atomic mass is 35.5. The quantitative estimate of drug-likeness (QED) is 0.473. The zero-order valence-electron chi connectivity index (χ0n) is 12.8. The van der Waals surface area contributed by atoms with Crippen LogP contribution in [0.3, 0.4) is 0 Å². The van der Waals surface area contributed by atoms with Crippen molar-refractivity contribution < 1.29 is 9.47 Å². The van der Waals surface area contributed by atoms with E-state index in [1.165, 1.54) is 0 Å². The molecular formula is C16H28ClNO2S. The van der Waals surface area contributed by atoms with E-state index in [0.717, 1.165) is 62.6 Å². The number of nitrogens with two attached hydrogens (primary N) is 1. The van der Waals surface area contributed by atoms with Crippen molar-refractivity contribution in [3.8, 4) is 11.5 Å². The minimum Gasteiger partial charge on any atom is -0.494 e. The highest BCUT2D eigenvalue weighted by Gasteiger charge is 2.00. The number of benzene rings is 1. The molecule has 0 aliphatic carbocycles. The molecule has 0 aromatic heterocycles. The molecule has 1 rings (SSSR count). The topological polar surface area (TPSA) is 44.5 Å². The first-order valence-electron chi connectivity index (χ1n) is 7.48. The van der Waals surface area contributed by atoms with E-state index in [9.17, 15) is 0 Å². The van der Waals surface area contributed by atoms with Crippen LogP contribution in [-0.2, 0) is 0 Å². The summed E-state index contributed by atoms with van der Waals surface area (Å²) >= 11 is 4.17. The molecule has 0 saturated carbocycles. The lowest BCUT2D eigenvalue weighted by molar-refractivity contribution is 0.298. The molecule has 0 aliphatic heterocycles. The predicted octanol–water partition coefficient (Wildman–Crippen LogP) is 4.09. The Morgan fingerprint density at radius 1 is 1.00 bits per heavy atom. The fraction of sp³-hybridized carbons (Fsp3) is 0.625. The third-order valence-electron chi connectivity index (χ3n) is 3.06. The first-order chi connectivity index (χ1) is 9.76. The first kappa shape index (κ1) is 20.4. The van der Waals surface area contributed by atoms with Gasteiger partial charge in [-0.25, -0.2) is 0 Å². The molecule has 0 bridgehead atoms. The van der Waals surface area contributed by atoms with Crippen molar-refractivity contribution in [1.82, 2.24) is 0 Å². The van der Waals surface area contributed by atoms with Gasteiger partial charge in [0.25, 0.3) is 0 Å². The molecule has 0 saturated heterocycles. The second kappa shape index (κ2) is 13.1. The maximum absolute atomic E-state index is 5.80. The fourth-order valence-corrected chi connectivity index (χ4v) is 1.94. The Balaban J connectivity index is 0.00000400. The Kier molecular flexibility index (Phi) is 12.7. The number of unbranched alkanes of at least 4 members (excludes halogenated alkanes) is 2. The minimum atomic E-state index is 0. The molecule has 1 aromatic carbocycles. The van der Waals surface area contributed by atoms with Gasteiger partial charge in [0.15, 0.2) is 0 Å². The Labute approximate surface area is 140 Å². The van der Waals surface area contributed by atoms with Gasteiger partial charge in [0.05, 0.1) is 13.2 Å². The molecule has 0 amide bonds. The van der Waals surface area contributed by atoms with Gasteiger partial charge in [-0.3, -0.25) is 0 Å². The zero-order valence-corrected chi connectivity index (χ0v) is 14.5. The van der Waals surface area contributed by atoms with Gasteiger partial charge in [-0.2, -0.15) is 12.6 Å². The molecule has 3 nitrogen and oxygen atoms in total. The summed E-state index contributed by atoms with van der Waals surface area (Å²) < 4.78 is 11.3. The Morgan fingerprint density at radius 2 is 1.52 bits per heavy atom. The predicted molar refractivity (Wildman–Crippen MR) is 95.3 cm³/mol. The van der Waals surface area contributed by atoms with E-state index in [2.05, 4.69) is 19.6 Å². The lowest BCUT2D eigenvalue weighted by Gasteiger charge is -2.10. The lowest BCUT2D eigenvalue weighted by Crippen LogP contribution is -2.21. The maximum Gasteiger partial charge on any atom is 0.119 e. The zero-order chi connectivity index (χ0) is 14.6. The van der Waals surface area contributed by atoms with Crippen molar-refractivity contribution in [3.63, 3.8) is 0 Å². The van der Waals surface area contributed by atoms with Crippen LogP contribution in [0, 0.1) is 0 Å². The fourth-order valence-electron chi connectivity index (χ4n) is 1.76. The molecule has 1 aromatic rings. The highest BCUT2D eigenvalue weighted by molar-refractivity contribution is 7.80. The van der Waals surface area contributed by atoms with Crippen LogP contribution in [0.15, 0.2) is 24.3 Å². The summed E-state index contributed by atoms with van der Waals surface area (Å²) in [6, 6.07) is 8.04. The molecule has 122 valence electrons. The molecule has 1 atom stereocenters. The van der Waals surface area contributed by atoms with Crippen molar-refractivity contribution in [2.75, 3.05) is 19.0 Å². The molecule has 0 spiro atoms. The van der Waals surface area contributed by atoms with Crippen molar-refractivity contribution >= 4 is 25.0 Å². The number of hydrogen-bond acceptors (Lipinski definition) is 4. The summed E-state index contributed by atoms with van der Waals surface area (Å²) in [5.74, 6) is 2.55. The summed E-state index contributed by atoms with van der Waals surface area (Å²) in [7, 11) is 0. The van der Waals surface area contributed by atoms with Gasteiger partial charge in [0.2, 0.25) is 0 Å². The lowest BCUT2D eigenvalue weighted by atomic mass is 10.1. The number of ether oxygens (including phenoxy) is 2. The van der Waals surface area contributed by atoms with Crippen LogP contribution in [0.5, 0.6) is 11.5 Å². The minimum absolute atomic E-state index is 0. The van der Waals surface area contributed by atoms with Crippen LogP contribution >= 0.6 is 25.0 Å². The van der Waals surface area contributed by atoms with Crippen molar-refractivity contribution in [2.24, 2.45) is 5.73 Å². The molecule has 5 heteroatoms. The smallest absolute Gasteiger partial charge is 0.119 e. The van der Waals surface area contributed by atoms with Crippen LogP contribution in [0.4, 0.5) is 0 Å². The average Bonchev–Trinajstić information content (AvgIpc) is 2.48. The Bertz CT molecular complexity index is 349. The standard InChI is InChI=1S/C16H27NO2S.ClH/c1-2-3-11-18-15-7-9-16(10-8-15)19-12-5-4-6-14(17)13-20;/h7-10,14,20H,2-6,11-13,17H2,1H3;1H/t14-;/m0./s1. The summed E-state index contributed by atoms with van der Waals surface area (Å²) in [6.07, 6.45) is 5.36. The van der Waals surface area contributed by atoms with E-state index in [-0.39, 0.29) is 18.4 Å². The van der Waals surface area contributed by atoms with Crippen LogP contribution in [0.25, 0.3) is 0 Å². The van der Waals surface area contributed by atoms with Gasteiger partial charge in [0, 0.05) is 11.8 Å². The van der Waals surface area contributed by atoms with E-state index in [1.54, 1.807) is 0 Å². The van der Waals surface area contributed by atoms with Crippen molar-refractivity contribution in [2.45, 2.75) is 45.1 Å². The monoisotopic (exact) mass is 333 g/mol. The molecule has 2 N–H and O–H groups in total. The molecule has 21 heavy (non-hydrogen) atoms. The van der Waals surface area contributed by atoms with E-state index < -0.39 is 0 Å². The van der Waals surface area contributed by atoms with Gasteiger partial charge in [0.1, 0.15) is 11.5 Å². The molecule has 0 heterocycles. The molecule has 0 radical (unpaired) electrons. The number of halogens is 1. The average molecular weight is 334 g/mol. The molecular weight excluding hydrogens is 306 g/mol. The second-order valence-electron chi connectivity index (χ2n) is 4.96. The van der Waals surface area contributed by atoms with E-state index >= 15 is 0 Å². The SMILES string of the molecule is CCCCOc1ccc(OCCCC[C@H](N)CS)cc1.Cl.